The molecule has 0 amide bonds. The van der Waals surface area contributed by atoms with Crippen molar-refractivity contribution in [1.82, 2.24) is 0 Å². The summed E-state index contributed by atoms with van der Waals surface area (Å²) in [6, 6.07) is 65.6. The Balaban J connectivity index is 1.10. The van der Waals surface area contributed by atoms with Crippen molar-refractivity contribution in [3.63, 3.8) is 0 Å². The van der Waals surface area contributed by atoms with E-state index in [-0.39, 0.29) is 0 Å². The van der Waals surface area contributed by atoms with Crippen molar-refractivity contribution in [1.29, 1.82) is 0 Å². The monoisotopic (exact) mass is 686 g/mol. The minimum Gasteiger partial charge on any atom is -0.455 e. The van der Waals surface area contributed by atoms with Crippen molar-refractivity contribution in [3.8, 4) is 33.4 Å². The van der Waals surface area contributed by atoms with Crippen LogP contribution in [0.2, 0.25) is 0 Å². The third-order valence-electron chi connectivity index (χ3n) is 11.4. The van der Waals surface area contributed by atoms with E-state index >= 15 is 0 Å². The van der Waals surface area contributed by atoms with Gasteiger partial charge in [-0.2, -0.15) is 0 Å². The predicted octanol–water partition coefficient (Wildman–Crippen LogP) is 15.1. The van der Waals surface area contributed by atoms with Crippen LogP contribution in [0.15, 0.2) is 191 Å². The van der Waals surface area contributed by atoms with E-state index in [1.54, 1.807) is 0 Å². The molecule has 250 valence electrons. The number of benzene rings is 10. The van der Waals surface area contributed by atoms with Gasteiger partial charge in [0.25, 0.3) is 0 Å². The molecular formula is C52H30O2. The van der Waals surface area contributed by atoms with Crippen molar-refractivity contribution < 1.29 is 8.83 Å². The molecule has 2 nitrogen and oxygen atoms in total. The van der Waals surface area contributed by atoms with Gasteiger partial charge in [-0.25, -0.2) is 0 Å². The Morgan fingerprint density at radius 3 is 1.44 bits per heavy atom. The first kappa shape index (κ1) is 29.4. The maximum Gasteiger partial charge on any atom is 0.147 e. The SMILES string of the molecule is c1ccc2c(c1)cc(-c1c3ccccc3c(-c3ccc(-c4cc5c6ccccc6oc5c5c4oc4ccccc45)cc3)c3ccccc13)c1ccccc12. The van der Waals surface area contributed by atoms with E-state index in [0.29, 0.717) is 0 Å². The molecule has 54 heavy (non-hydrogen) atoms. The van der Waals surface area contributed by atoms with Crippen LogP contribution in [0, 0.1) is 0 Å². The van der Waals surface area contributed by atoms with E-state index in [2.05, 4.69) is 158 Å². The van der Waals surface area contributed by atoms with E-state index in [1.165, 1.54) is 65.3 Å². The molecule has 0 spiro atoms. The summed E-state index contributed by atoms with van der Waals surface area (Å²) in [5.74, 6) is 0. The molecule has 2 aromatic heterocycles. The number of fused-ring (bicyclic) bond motifs is 12. The fourth-order valence-corrected chi connectivity index (χ4v) is 9.09. The molecule has 0 saturated carbocycles. The Morgan fingerprint density at radius 1 is 0.278 bits per heavy atom. The lowest BCUT2D eigenvalue weighted by Gasteiger charge is -2.19. The zero-order valence-electron chi connectivity index (χ0n) is 29.1. The van der Waals surface area contributed by atoms with Crippen molar-refractivity contribution in [3.05, 3.63) is 182 Å². The molecular weight excluding hydrogens is 657 g/mol. The third-order valence-corrected chi connectivity index (χ3v) is 11.4. The van der Waals surface area contributed by atoms with E-state index in [0.717, 1.165) is 55.0 Å². The van der Waals surface area contributed by atoms with Gasteiger partial charge in [0.05, 0.1) is 5.39 Å². The second-order valence-electron chi connectivity index (χ2n) is 14.3. The molecule has 0 aliphatic heterocycles. The summed E-state index contributed by atoms with van der Waals surface area (Å²) in [5, 5.41) is 14.3. The second kappa shape index (κ2) is 11.2. The molecule has 12 rings (SSSR count). The highest BCUT2D eigenvalue weighted by Gasteiger charge is 2.22. The standard InChI is InChI=1S/C52H30O2/c1-2-14-34-33(13-1)29-44(36-16-4-3-15-35(34)36)49-40-20-7-5-18-38(40)48(39-19-6-8-21-41(39)49)32-27-25-31(26-28-32)43-30-45-37-17-9-11-23-46(37)53-52(45)50-42-22-10-12-24-47(42)54-51(43)50/h1-30H. The average Bonchev–Trinajstić information content (AvgIpc) is 3.81. The smallest absolute Gasteiger partial charge is 0.147 e. The quantitative estimate of drug-likeness (QED) is 0.137. The topological polar surface area (TPSA) is 26.3 Å². The van der Waals surface area contributed by atoms with Gasteiger partial charge in [0.2, 0.25) is 0 Å². The van der Waals surface area contributed by atoms with Crippen molar-refractivity contribution >= 4 is 87.0 Å². The largest absolute Gasteiger partial charge is 0.455 e. The highest BCUT2D eigenvalue weighted by Crippen LogP contribution is 2.48. The fraction of sp³-hybridized carbons (Fsp3) is 0. The first-order chi connectivity index (χ1) is 26.8. The average molecular weight is 687 g/mol. The Bertz CT molecular complexity index is 3430. The molecule has 0 aliphatic rings. The summed E-state index contributed by atoms with van der Waals surface area (Å²) in [6.45, 7) is 0. The van der Waals surface area contributed by atoms with E-state index in [4.69, 9.17) is 8.83 Å². The van der Waals surface area contributed by atoms with Crippen molar-refractivity contribution in [2.75, 3.05) is 0 Å². The third kappa shape index (κ3) is 4.11. The summed E-state index contributed by atoms with van der Waals surface area (Å²) in [6.07, 6.45) is 0. The van der Waals surface area contributed by atoms with Gasteiger partial charge in [-0.05, 0) is 95.2 Å². The molecule has 0 N–H and O–H groups in total. The molecule has 0 fully saturated rings. The number of hydrogen-bond acceptors (Lipinski definition) is 2. The highest BCUT2D eigenvalue weighted by atomic mass is 16.3. The zero-order valence-corrected chi connectivity index (χ0v) is 29.1. The van der Waals surface area contributed by atoms with Crippen LogP contribution in [-0.4, -0.2) is 0 Å². The molecule has 0 unspecified atom stereocenters. The van der Waals surface area contributed by atoms with Crippen LogP contribution in [0.4, 0.5) is 0 Å². The molecule has 0 saturated heterocycles. The molecule has 0 bridgehead atoms. The van der Waals surface area contributed by atoms with Crippen LogP contribution in [0.5, 0.6) is 0 Å². The molecule has 0 atom stereocenters. The zero-order chi connectivity index (χ0) is 35.3. The van der Waals surface area contributed by atoms with Crippen LogP contribution in [-0.2, 0) is 0 Å². The normalized spacial score (nSPS) is 12.1. The van der Waals surface area contributed by atoms with Crippen molar-refractivity contribution in [2.24, 2.45) is 0 Å². The van der Waals surface area contributed by atoms with Crippen LogP contribution in [0.25, 0.3) is 120 Å². The van der Waals surface area contributed by atoms with Gasteiger partial charge in [0.1, 0.15) is 22.3 Å². The molecule has 2 heteroatoms. The van der Waals surface area contributed by atoms with Crippen LogP contribution in [0.3, 0.4) is 0 Å². The predicted molar refractivity (Wildman–Crippen MR) is 227 cm³/mol. The molecule has 0 aliphatic carbocycles. The van der Waals surface area contributed by atoms with Gasteiger partial charge >= 0.3 is 0 Å². The second-order valence-corrected chi connectivity index (χ2v) is 14.3. The molecule has 2 heterocycles. The fourth-order valence-electron chi connectivity index (χ4n) is 9.09. The Labute approximate surface area is 310 Å². The van der Waals surface area contributed by atoms with Gasteiger partial charge < -0.3 is 8.83 Å². The first-order valence-corrected chi connectivity index (χ1v) is 18.5. The van der Waals surface area contributed by atoms with E-state index in [1.807, 2.05) is 24.3 Å². The summed E-state index contributed by atoms with van der Waals surface area (Å²) < 4.78 is 13.1. The Morgan fingerprint density at radius 2 is 0.759 bits per heavy atom. The number of rotatable bonds is 3. The molecule has 12 aromatic rings. The Hall–Kier alpha value is -7.16. The summed E-state index contributed by atoms with van der Waals surface area (Å²) in [5.41, 5.74) is 10.6. The number of hydrogen-bond donors (Lipinski definition) is 0. The van der Waals surface area contributed by atoms with Gasteiger partial charge in [0, 0.05) is 21.7 Å². The lowest BCUT2D eigenvalue weighted by molar-refractivity contribution is 0.663. The number of para-hydroxylation sites is 2. The van der Waals surface area contributed by atoms with E-state index < -0.39 is 0 Å². The van der Waals surface area contributed by atoms with Crippen molar-refractivity contribution in [2.45, 2.75) is 0 Å². The van der Waals surface area contributed by atoms with Crippen LogP contribution in [0.1, 0.15) is 0 Å². The minimum absolute atomic E-state index is 0.846. The van der Waals surface area contributed by atoms with Gasteiger partial charge in [0.15, 0.2) is 0 Å². The van der Waals surface area contributed by atoms with Gasteiger partial charge in [-0.3, -0.25) is 0 Å². The minimum atomic E-state index is 0.846. The lowest BCUT2D eigenvalue weighted by atomic mass is 9.83. The van der Waals surface area contributed by atoms with Gasteiger partial charge in [-0.15, -0.1) is 0 Å². The highest BCUT2D eigenvalue weighted by molar-refractivity contribution is 6.27. The maximum atomic E-state index is 6.62. The lowest BCUT2D eigenvalue weighted by Crippen LogP contribution is -1.92. The van der Waals surface area contributed by atoms with Crippen LogP contribution >= 0.6 is 0 Å². The summed E-state index contributed by atoms with van der Waals surface area (Å²) >= 11 is 0. The molecule has 0 radical (unpaired) electrons. The maximum absolute atomic E-state index is 6.62. The van der Waals surface area contributed by atoms with E-state index in [9.17, 15) is 0 Å². The first-order valence-electron chi connectivity index (χ1n) is 18.5. The molecule has 10 aromatic carbocycles. The van der Waals surface area contributed by atoms with Crippen LogP contribution < -0.4 is 0 Å². The Kier molecular flexibility index (Phi) is 6.09. The van der Waals surface area contributed by atoms with Gasteiger partial charge in [-0.1, -0.05) is 158 Å². The summed E-state index contributed by atoms with van der Waals surface area (Å²) in [7, 11) is 0. The number of furan rings is 2. The summed E-state index contributed by atoms with van der Waals surface area (Å²) in [4.78, 5) is 0.